The highest BCUT2D eigenvalue weighted by molar-refractivity contribution is 7.92. The zero-order valence-corrected chi connectivity index (χ0v) is 19.0. The first kappa shape index (κ1) is 22.5. The molecule has 0 saturated carbocycles. The number of ether oxygens (including phenoxy) is 1. The van der Waals surface area contributed by atoms with Crippen LogP contribution >= 0.6 is 0 Å². The Hall–Kier alpha value is -3.66. The number of hydrogen-bond acceptors (Lipinski definition) is 7. The van der Waals surface area contributed by atoms with Gasteiger partial charge < -0.3 is 14.2 Å². The molecule has 3 aromatic rings. The van der Waals surface area contributed by atoms with E-state index in [4.69, 9.17) is 9.26 Å². The lowest BCUT2D eigenvalue weighted by Crippen LogP contribution is -2.42. The quantitative estimate of drug-likeness (QED) is 0.550. The highest BCUT2D eigenvalue weighted by Gasteiger charge is 2.29. The fourth-order valence-corrected chi connectivity index (χ4v) is 4.69. The van der Waals surface area contributed by atoms with Crippen LogP contribution in [0.15, 0.2) is 64.0 Å². The van der Waals surface area contributed by atoms with Crippen LogP contribution in [0.3, 0.4) is 0 Å². The number of nitrogens with one attached hydrogen (secondary N) is 1. The molecule has 4 rings (SSSR count). The normalized spacial score (nSPS) is 14.3. The topological polar surface area (TPSA) is 119 Å². The molecular weight excluding hydrogens is 446 g/mol. The first-order valence-electron chi connectivity index (χ1n) is 10.4. The molecule has 1 aliphatic rings. The Balaban J connectivity index is 1.47. The summed E-state index contributed by atoms with van der Waals surface area (Å²) in [6.07, 6.45) is 0.666. The van der Waals surface area contributed by atoms with Gasteiger partial charge in [0.05, 0.1) is 10.5 Å². The van der Waals surface area contributed by atoms with Gasteiger partial charge in [-0.1, -0.05) is 29.4 Å². The van der Waals surface area contributed by atoms with E-state index in [2.05, 4.69) is 9.88 Å². The summed E-state index contributed by atoms with van der Waals surface area (Å²) < 4.78 is 37.8. The van der Waals surface area contributed by atoms with Crippen molar-refractivity contribution in [1.29, 1.82) is 0 Å². The standard InChI is InChI=1S/C23H23N3O6S/c1-15-13-21(24-32-15)25-33(29,30)19-10-5-8-18(14-19)23(28)31-16(2)22(27)26-12-6-9-17-7-3-4-11-20(17)26/h3-5,7-8,10-11,13-14,16H,6,9,12H2,1-2H3,(H,24,25). The molecule has 1 atom stereocenters. The minimum atomic E-state index is -4.01. The molecule has 1 unspecified atom stereocenters. The van der Waals surface area contributed by atoms with Gasteiger partial charge in [-0.25, -0.2) is 13.2 Å². The van der Waals surface area contributed by atoms with E-state index in [-0.39, 0.29) is 22.2 Å². The van der Waals surface area contributed by atoms with Gasteiger partial charge in [0.2, 0.25) is 0 Å². The summed E-state index contributed by atoms with van der Waals surface area (Å²) in [4.78, 5) is 27.2. The van der Waals surface area contributed by atoms with Gasteiger partial charge >= 0.3 is 5.97 Å². The van der Waals surface area contributed by atoms with Crippen molar-refractivity contribution in [3.63, 3.8) is 0 Å². The van der Waals surface area contributed by atoms with Gasteiger partial charge in [0.15, 0.2) is 11.9 Å². The molecule has 0 aliphatic carbocycles. The molecule has 0 spiro atoms. The van der Waals surface area contributed by atoms with Gasteiger partial charge in [-0.3, -0.25) is 9.52 Å². The average molecular weight is 470 g/mol. The van der Waals surface area contributed by atoms with Crippen LogP contribution < -0.4 is 9.62 Å². The van der Waals surface area contributed by atoms with Crippen LogP contribution in [0.4, 0.5) is 11.5 Å². The van der Waals surface area contributed by atoms with Gasteiger partial charge in [0.25, 0.3) is 15.9 Å². The van der Waals surface area contributed by atoms with Crippen LogP contribution in [-0.2, 0) is 26.0 Å². The summed E-state index contributed by atoms with van der Waals surface area (Å²) in [6.45, 7) is 3.68. The maximum Gasteiger partial charge on any atom is 0.338 e. The molecule has 1 amide bonds. The Bertz CT molecular complexity index is 1300. The zero-order valence-electron chi connectivity index (χ0n) is 18.1. The summed E-state index contributed by atoms with van der Waals surface area (Å²) in [6, 6.07) is 14.4. The molecular formula is C23H23N3O6S. The smallest absolute Gasteiger partial charge is 0.338 e. The SMILES string of the molecule is Cc1cc(NS(=O)(=O)c2cccc(C(=O)OC(C)C(=O)N3CCCc4ccccc43)c2)no1. The van der Waals surface area contributed by atoms with Crippen molar-refractivity contribution in [2.45, 2.75) is 37.7 Å². The number of esters is 1. The number of anilines is 2. The molecule has 0 fully saturated rings. The molecule has 33 heavy (non-hydrogen) atoms. The van der Waals surface area contributed by atoms with Gasteiger partial charge in [-0.2, -0.15) is 0 Å². The predicted molar refractivity (Wildman–Crippen MR) is 120 cm³/mol. The second kappa shape index (κ2) is 9.07. The van der Waals surface area contributed by atoms with E-state index >= 15 is 0 Å². The van der Waals surface area contributed by atoms with Crippen molar-refractivity contribution in [3.05, 3.63) is 71.5 Å². The third-order valence-corrected chi connectivity index (χ3v) is 6.61. The second-order valence-electron chi connectivity index (χ2n) is 7.73. The van der Waals surface area contributed by atoms with Gasteiger partial charge in [0.1, 0.15) is 5.76 Å². The predicted octanol–water partition coefficient (Wildman–Crippen LogP) is 3.31. The molecule has 2 heterocycles. The number of benzene rings is 2. The minimum absolute atomic E-state index is 0.00732. The molecule has 1 aliphatic heterocycles. The first-order chi connectivity index (χ1) is 15.7. The Morgan fingerprint density at radius 3 is 2.70 bits per heavy atom. The van der Waals surface area contributed by atoms with Crippen molar-refractivity contribution in [2.75, 3.05) is 16.2 Å². The highest BCUT2D eigenvalue weighted by Crippen LogP contribution is 2.27. The summed E-state index contributed by atoms with van der Waals surface area (Å²) >= 11 is 0. The van der Waals surface area contributed by atoms with E-state index in [1.165, 1.54) is 37.3 Å². The van der Waals surface area contributed by atoms with Crippen molar-refractivity contribution < 1.29 is 27.3 Å². The molecule has 1 N–H and O–H groups in total. The second-order valence-corrected chi connectivity index (χ2v) is 9.41. The van der Waals surface area contributed by atoms with E-state index in [1.807, 2.05) is 24.3 Å². The Morgan fingerprint density at radius 2 is 1.94 bits per heavy atom. The fourth-order valence-electron chi connectivity index (χ4n) is 3.66. The van der Waals surface area contributed by atoms with E-state index in [0.717, 1.165) is 24.1 Å². The monoisotopic (exact) mass is 469 g/mol. The first-order valence-corrected chi connectivity index (χ1v) is 11.9. The number of amides is 1. The largest absolute Gasteiger partial charge is 0.449 e. The Kier molecular flexibility index (Phi) is 6.19. The van der Waals surface area contributed by atoms with Crippen molar-refractivity contribution in [1.82, 2.24) is 5.16 Å². The molecule has 2 aromatic carbocycles. The Morgan fingerprint density at radius 1 is 1.15 bits per heavy atom. The molecule has 0 saturated heterocycles. The van der Waals surface area contributed by atoms with Crippen molar-refractivity contribution >= 4 is 33.4 Å². The lowest BCUT2D eigenvalue weighted by atomic mass is 10.0. The van der Waals surface area contributed by atoms with Crippen LogP contribution in [0.5, 0.6) is 0 Å². The fraction of sp³-hybridized carbons (Fsp3) is 0.261. The number of para-hydroxylation sites is 1. The number of aryl methyl sites for hydroxylation is 2. The number of aromatic nitrogens is 1. The molecule has 0 bridgehead atoms. The van der Waals surface area contributed by atoms with Crippen molar-refractivity contribution in [2.24, 2.45) is 0 Å². The number of carbonyl (C=O) groups is 2. The van der Waals surface area contributed by atoms with E-state index in [1.54, 1.807) is 11.8 Å². The molecule has 0 radical (unpaired) electrons. The van der Waals surface area contributed by atoms with Gasteiger partial charge in [-0.15, -0.1) is 0 Å². The average Bonchev–Trinajstić information content (AvgIpc) is 3.21. The van der Waals surface area contributed by atoms with Crippen LogP contribution in [0.25, 0.3) is 0 Å². The third kappa shape index (κ3) is 4.90. The maximum atomic E-state index is 13.0. The lowest BCUT2D eigenvalue weighted by molar-refractivity contribution is -0.126. The maximum absolute atomic E-state index is 13.0. The number of sulfonamides is 1. The zero-order chi connectivity index (χ0) is 23.6. The summed E-state index contributed by atoms with van der Waals surface area (Å²) in [5.74, 6) is -0.653. The lowest BCUT2D eigenvalue weighted by Gasteiger charge is -2.31. The molecule has 172 valence electrons. The van der Waals surface area contributed by atoms with Crippen LogP contribution in [0, 0.1) is 6.92 Å². The summed E-state index contributed by atoms with van der Waals surface area (Å²) in [5, 5.41) is 3.60. The highest BCUT2D eigenvalue weighted by atomic mass is 32.2. The minimum Gasteiger partial charge on any atom is -0.449 e. The number of rotatable bonds is 6. The van der Waals surface area contributed by atoms with Crippen LogP contribution in [0.1, 0.15) is 35.0 Å². The molecule has 9 nitrogen and oxygen atoms in total. The number of nitrogens with zero attached hydrogens (tertiary/aromatic N) is 2. The molecule has 10 heteroatoms. The number of fused-ring (bicyclic) bond motifs is 1. The molecule has 1 aromatic heterocycles. The number of hydrogen-bond donors (Lipinski definition) is 1. The van der Waals surface area contributed by atoms with Crippen molar-refractivity contribution in [3.8, 4) is 0 Å². The van der Waals surface area contributed by atoms with Crippen LogP contribution in [-0.4, -0.2) is 38.1 Å². The van der Waals surface area contributed by atoms with E-state index < -0.39 is 22.1 Å². The van der Waals surface area contributed by atoms with Gasteiger partial charge in [0, 0.05) is 18.3 Å². The Labute approximate surface area is 191 Å². The van der Waals surface area contributed by atoms with E-state index in [9.17, 15) is 18.0 Å². The van der Waals surface area contributed by atoms with Gasteiger partial charge in [-0.05, 0) is 56.5 Å². The summed E-state index contributed by atoms with van der Waals surface area (Å²) in [5.41, 5.74) is 1.90. The van der Waals surface area contributed by atoms with Crippen LogP contribution in [0.2, 0.25) is 0 Å². The number of carbonyl (C=O) groups excluding carboxylic acids is 2. The summed E-state index contributed by atoms with van der Waals surface area (Å²) in [7, 11) is -4.01. The van der Waals surface area contributed by atoms with E-state index in [0.29, 0.717) is 12.3 Å². The third-order valence-electron chi connectivity index (χ3n) is 5.25.